The summed E-state index contributed by atoms with van der Waals surface area (Å²) in [5.74, 6) is 2.03. The van der Waals surface area contributed by atoms with Gasteiger partial charge in [-0.2, -0.15) is 5.10 Å². The van der Waals surface area contributed by atoms with E-state index in [1.165, 1.54) is 0 Å². The van der Waals surface area contributed by atoms with E-state index in [0.29, 0.717) is 5.92 Å². The maximum atomic E-state index is 4.51. The first-order chi connectivity index (χ1) is 7.56. The van der Waals surface area contributed by atoms with Crippen molar-refractivity contribution in [1.29, 1.82) is 0 Å². The minimum atomic E-state index is 0.329. The van der Waals surface area contributed by atoms with Crippen molar-refractivity contribution in [3.63, 3.8) is 0 Å². The van der Waals surface area contributed by atoms with Crippen LogP contribution >= 0.6 is 0 Å². The zero-order valence-electron chi connectivity index (χ0n) is 10.1. The second-order valence-corrected chi connectivity index (χ2v) is 4.28. The average molecular weight is 216 g/mol. The lowest BCUT2D eigenvalue weighted by molar-refractivity contribution is 0.736. The van der Waals surface area contributed by atoms with E-state index in [0.717, 1.165) is 23.0 Å². The minimum Gasteiger partial charge on any atom is -0.238 e. The molecule has 0 aromatic carbocycles. The van der Waals surface area contributed by atoms with Crippen molar-refractivity contribution in [2.75, 3.05) is 0 Å². The third-order valence-electron chi connectivity index (χ3n) is 2.33. The predicted molar refractivity (Wildman–Crippen MR) is 62.7 cm³/mol. The molecule has 0 bridgehead atoms. The molecule has 2 aromatic heterocycles. The van der Waals surface area contributed by atoms with Crippen LogP contribution in [0.2, 0.25) is 0 Å². The molecule has 0 aliphatic carbocycles. The molecular weight excluding hydrogens is 200 g/mol. The molecule has 0 unspecified atom stereocenters. The van der Waals surface area contributed by atoms with Gasteiger partial charge >= 0.3 is 0 Å². The van der Waals surface area contributed by atoms with Crippen molar-refractivity contribution >= 4 is 0 Å². The van der Waals surface area contributed by atoms with Gasteiger partial charge in [0.05, 0.1) is 5.69 Å². The van der Waals surface area contributed by atoms with Gasteiger partial charge in [0.15, 0.2) is 5.82 Å². The van der Waals surface area contributed by atoms with Gasteiger partial charge in [0, 0.05) is 23.9 Å². The second-order valence-electron chi connectivity index (χ2n) is 4.28. The highest BCUT2D eigenvalue weighted by Gasteiger charge is 2.07. The molecule has 0 fully saturated rings. The van der Waals surface area contributed by atoms with Gasteiger partial charge in [0.1, 0.15) is 5.82 Å². The van der Waals surface area contributed by atoms with Crippen LogP contribution in [-0.2, 0) is 0 Å². The smallest absolute Gasteiger partial charge is 0.157 e. The summed E-state index contributed by atoms with van der Waals surface area (Å²) in [6, 6.07) is 3.91. The molecule has 2 aromatic rings. The summed E-state index contributed by atoms with van der Waals surface area (Å²) >= 11 is 0. The number of rotatable bonds is 2. The largest absolute Gasteiger partial charge is 0.238 e. The molecule has 2 rings (SSSR count). The molecule has 0 saturated heterocycles. The molecule has 2 heterocycles. The first-order valence-electron chi connectivity index (χ1n) is 5.44. The summed E-state index contributed by atoms with van der Waals surface area (Å²) in [5.41, 5.74) is 1.96. The minimum absolute atomic E-state index is 0.329. The standard InChI is InChI=1S/C12H16N4/c1-8(2)12-13-10(4)7-11(14-12)16-6-5-9(3)15-16/h5-8H,1-4H3. The van der Waals surface area contributed by atoms with Crippen molar-refractivity contribution in [1.82, 2.24) is 19.7 Å². The normalized spacial score (nSPS) is 11.1. The molecular formula is C12H16N4. The molecule has 0 radical (unpaired) electrons. The van der Waals surface area contributed by atoms with Crippen molar-refractivity contribution in [3.05, 3.63) is 35.5 Å². The molecule has 84 valence electrons. The molecule has 0 amide bonds. The van der Waals surface area contributed by atoms with Crippen molar-refractivity contribution in [2.45, 2.75) is 33.6 Å². The van der Waals surface area contributed by atoms with Crippen LogP contribution in [-0.4, -0.2) is 19.7 Å². The molecule has 0 aliphatic rings. The Bertz CT molecular complexity index is 499. The molecule has 4 heteroatoms. The van der Waals surface area contributed by atoms with E-state index in [1.54, 1.807) is 4.68 Å². The maximum absolute atomic E-state index is 4.51. The monoisotopic (exact) mass is 216 g/mol. The number of hydrogen-bond acceptors (Lipinski definition) is 3. The van der Waals surface area contributed by atoms with Gasteiger partial charge in [0.2, 0.25) is 0 Å². The van der Waals surface area contributed by atoms with Crippen LogP contribution in [0.15, 0.2) is 18.3 Å². The van der Waals surface area contributed by atoms with Gasteiger partial charge in [-0.1, -0.05) is 13.8 Å². The summed E-state index contributed by atoms with van der Waals surface area (Å²) in [6.07, 6.45) is 1.92. The lowest BCUT2D eigenvalue weighted by atomic mass is 10.2. The van der Waals surface area contributed by atoms with Gasteiger partial charge in [-0.25, -0.2) is 14.6 Å². The summed E-state index contributed by atoms with van der Waals surface area (Å²) in [5, 5.41) is 4.35. The van der Waals surface area contributed by atoms with E-state index in [9.17, 15) is 0 Å². The zero-order valence-corrected chi connectivity index (χ0v) is 10.1. The maximum Gasteiger partial charge on any atom is 0.157 e. The molecule has 0 atom stereocenters. The van der Waals surface area contributed by atoms with Crippen LogP contribution in [0, 0.1) is 13.8 Å². The molecule has 0 N–H and O–H groups in total. The van der Waals surface area contributed by atoms with Crippen molar-refractivity contribution in [2.24, 2.45) is 0 Å². The summed E-state index contributed by atoms with van der Waals surface area (Å²) in [6.45, 7) is 8.13. The van der Waals surface area contributed by atoms with Gasteiger partial charge in [0.25, 0.3) is 0 Å². The topological polar surface area (TPSA) is 43.6 Å². The second kappa shape index (κ2) is 4.04. The fourth-order valence-electron chi connectivity index (χ4n) is 1.49. The van der Waals surface area contributed by atoms with Crippen LogP contribution in [0.5, 0.6) is 0 Å². The molecule has 0 spiro atoms. The Labute approximate surface area is 95.4 Å². The number of aromatic nitrogens is 4. The van der Waals surface area contributed by atoms with E-state index in [2.05, 4.69) is 28.9 Å². The number of aryl methyl sites for hydroxylation is 2. The Morgan fingerprint density at radius 2 is 1.88 bits per heavy atom. The summed E-state index contributed by atoms with van der Waals surface area (Å²) < 4.78 is 1.79. The van der Waals surface area contributed by atoms with Gasteiger partial charge in [-0.3, -0.25) is 0 Å². The van der Waals surface area contributed by atoms with Crippen molar-refractivity contribution < 1.29 is 0 Å². The van der Waals surface area contributed by atoms with E-state index < -0.39 is 0 Å². The molecule has 0 saturated carbocycles. The Morgan fingerprint density at radius 1 is 1.12 bits per heavy atom. The van der Waals surface area contributed by atoms with E-state index in [1.807, 2.05) is 32.2 Å². The highest BCUT2D eigenvalue weighted by molar-refractivity contribution is 5.25. The Morgan fingerprint density at radius 3 is 2.44 bits per heavy atom. The quantitative estimate of drug-likeness (QED) is 0.774. The molecule has 4 nitrogen and oxygen atoms in total. The van der Waals surface area contributed by atoms with Gasteiger partial charge in [-0.05, 0) is 19.9 Å². The fraction of sp³-hybridized carbons (Fsp3) is 0.417. The van der Waals surface area contributed by atoms with Gasteiger partial charge < -0.3 is 0 Å². The number of nitrogens with zero attached hydrogens (tertiary/aromatic N) is 4. The summed E-state index contributed by atoms with van der Waals surface area (Å²) in [4.78, 5) is 8.92. The lowest BCUT2D eigenvalue weighted by Gasteiger charge is -2.07. The third kappa shape index (κ3) is 2.10. The van der Waals surface area contributed by atoms with Gasteiger partial charge in [-0.15, -0.1) is 0 Å². The first-order valence-corrected chi connectivity index (χ1v) is 5.44. The van der Waals surface area contributed by atoms with Crippen LogP contribution in [0.3, 0.4) is 0 Å². The van der Waals surface area contributed by atoms with Crippen LogP contribution < -0.4 is 0 Å². The average Bonchev–Trinajstić information content (AvgIpc) is 2.64. The Kier molecular flexibility index (Phi) is 2.73. The number of hydrogen-bond donors (Lipinski definition) is 0. The molecule has 0 aliphatic heterocycles. The van der Waals surface area contributed by atoms with Crippen molar-refractivity contribution in [3.8, 4) is 5.82 Å². The van der Waals surface area contributed by atoms with E-state index >= 15 is 0 Å². The SMILES string of the molecule is Cc1cc(-n2ccc(C)n2)nc(C(C)C)n1. The van der Waals surface area contributed by atoms with E-state index in [4.69, 9.17) is 0 Å². The Hall–Kier alpha value is -1.71. The lowest BCUT2D eigenvalue weighted by Crippen LogP contribution is -2.06. The van der Waals surface area contributed by atoms with Crippen LogP contribution in [0.1, 0.15) is 37.0 Å². The zero-order chi connectivity index (χ0) is 11.7. The fourth-order valence-corrected chi connectivity index (χ4v) is 1.49. The summed E-state index contributed by atoms with van der Waals surface area (Å²) in [7, 11) is 0. The van der Waals surface area contributed by atoms with Crippen LogP contribution in [0.25, 0.3) is 5.82 Å². The van der Waals surface area contributed by atoms with E-state index in [-0.39, 0.29) is 0 Å². The Balaban J connectivity index is 2.49. The predicted octanol–water partition coefficient (Wildman–Crippen LogP) is 2.40. The molecule has 16 heavy (non-hydrogen) atoms. The highest BCUT2D eigenvalue weighted by Crippen LogP contribution is 2.13. The first kappa shape index (κ1) is 10.8. The highest BCUT2D eigenvalue weighted by atomic mass is 15.3. The van der Waals surface area contributed by atoms with Crippen LogP contribution in [0.4, 0.5) is 0 Å². The third-order valence-corrected chi connectivity index (χ3v) is 2.33.